The number of piperidine rings is 1. The highest BCUT2D eigenvalue weighted by atomic mass is 16.1. The maximum Gasteiger partial charge on any atom is 0.223 e. The highest BCUT2D eigenvalue weighted by Gasteiger charge is 2.25. The molecular formula is C18H25N5O. The van der Waals surface area contributed by atoms with E-state index in [0.717, 1.165) is 43.7 Å². The Balaban J connectivity index is 1.49. The number of hydrogen-bond acceptors (Lipinski definition) is 4. The Hall–Kier alpha value is -2.37. The van der Waals surface area contributed by atoms with Crippen molar-refractivity contribution in [2.24, 2.45) is 5.92 Å². The van der Waals surface area contributed by atoms with Crippen molar-refractivity contribution in [3.8, 4) is 0 Å². The van der Waals surface area contributed by atoms with Crippen LogP contribution in [0.1, 0.15) is 36.7 Å². The summed E-state index contributed by atoms with van der Waals surface area (Å²) >= 11 is 0. The third-order valence-corrected chi connectivity index (χ3v) is 4.70. The molecular weight excluding hydrogens is 302 g/mol. The molecule has 128 valence electrons. The number of carbonyl (C=O) groups excluding carboxylic acids is 1. The lowest BCUT2D eigenvalue weighted by molar-refractivity contribution is -0.125. The minimum absolute atomic E-state index is 0.0944. The van der Waals surface area contributed by atoms with Crippen molar-refractivity contribution in [1.82, 2.24) is 20.5 Å². The van der Waals surface area contributed by atoms with Crippen LogP contribution in [-0.4, -0.2) is 34.2 Å². The summed E-state index contributed by atoms with van der Waals surface area (Å²) in [6, 6.07) is 4.06. The summed E-state index contributed by atoms with van der Waals surface area (Å²) in [6.07, 6.45) is 6.39. The molecule has 0 aromatic carbocycles. The predicted molar refractivity (Wildman–Crippen MR) is 93.7 cm³/mol. The summed E-state index contributed by atoms with van der Waals surface area (Å²) in [4.78, 5) is 18.9. The number of nitrogens with one attached hydrogen (secondary N) is 2. The molecule has 0 unspecified atom stereocenters. The number of aryl methyl sites for hydroxylation is 2. The predicted octanol–water partition coefficient (Wildman–Crippen LogP) is 2.21. The first kappa shape index (κ1) is 16.5. The van der Waals surface area contributed by atoms with Crippen molar-refractivity contribution < 1.29 is 4.79 Å². The summed E-state index contributed by atoms with van der Waals surface area (Å²) in [5.74, 6) is 0.241. The lowest BCUT2D eigenvalue weighted by atomic mass is 9.95. The Labute approximate surface area is 142 Å². The molecule has 1 aliphatic rings. The number of rotatable bonds is 5. The van der Waals surface area contributed by atoms with Gasteiger partial charge in [0.25, 0.3) is 0 Å². The summed E-state index contributed by atoms with van der Waals surface area (Å²) in [6.45, 7) is 6.49. The average Bonchev–Trinajstić information content (AvgIpc) is 3.08. The van der Waals surface area contributed by atoms with Crippen LogP contribution in [-0.2, 0) is 17.8 Å². The fraction of sp³-hybridized carbons (Fsp3) is 0.500. The molecule has 0 bridgehead atoms. The first-order valence-corrected chi connectivity index (χ1v) is 8.63. The van der Waals surface area contributed by atoms with Gasteiger partial charge in [-0.1, -0.05) is 6.92 Å². The molecule has 1 saturated heterocycles. The van der Waals surface area contributed by atoms with E-state index in [1.54, 1.807) is 0 Å². The van der Waals surface area contributed by atoms with E-state index in [-0.39, 0.29) is 11.8 Å². The van der Waals surface area contributed by atoms with E-state index in [4.69, 9.17) is 0 Å². The van der Waals surface area contributed by atoms with Crippen LogP contribution in [0.5, 0.6) is 0 Å². The van der Waals surface area contributed by atoms with Crippen LogP contribution in [0.15, 0.2) is 24.5 Å². The Morgan fingerprint density at radius 1 is 1.42 bits per heavy atom. The molecule has 0 aliphatic carbocycles. The van der Waals surface area contributed by atoms with Crippen molar-refractivity contribution in [3.63, 3.8) is 0 Å². The fourth-order valence-electron chi connectivity index (χ4n) is 3.21. The number of pyridine rings is 1. The second-order valence-electron chi connectivity index (χ2n) is 6.38. The van der Waals surface area contributed by atoms with Crippen molar-refractivity contribution in [2.75, 3.05) is 18.0 Å². The van der Waals surface area contributed by atoms with Crippen LogP contribution in [0.3, 0.4) is 0 Å². The van der Waals surface area contributed by atoms with Crippen molar-refractivity contribution in [3.05, 3.63) is 41.5 Å². The second kappa shape index (κ2) is 7.47. The topological polar surface area (TPSA) is 73.9 Å². The minimum Gasteiger partial charge on any atom is -0.371 e. The van der Waals surface area contributed by atoms with Gasteiger partial charge in [0.1, 0.15) is 0 Å². The van der Waals surface area contributed by atoms with E-state index in [0.29, 0.717) is 6.54 Å². The smallest absolute Gasteiger partial charge is 0.223 e. The molecule has 0 radical (unpaired) electrons. The van der Waals surface area contributed by atoms with Crippen LogP contribution in [0.2, 0.25) is 0 Å². The maximum atomic E-state index is 12.4. The van der Waals surface area contributed by atoms with Gasteiger partial charge in [0.2, 0.25) is 5.91 Å². The molecule has 3 rings (SSSR count). The summed E-state index contributed by atoms with van der Waals surface area (Å²) in [7, 11) is 0. The lowest BCUT2D eigenvalue weighted by Crippen LogP contribution is -2.40. The number of anilines is 1. The van der Waals surface area contributed by atoms with Gasteiger partial charge >= 0.3 is 0 Å². The molecule has 3 heterocycles. The van der Waals surface area contributed by atoms with Crippen molar-refractivity contribution in [2.45, 2.75) is 39.7 Å². The van der Waals surface area contributed by atoms with Gasteiger partial charge in [-0.05, 0) is 43.9 Å². The normalized spacial score (nSPS) is 15.5. The molecule has 1 aliphatic heterocycles. The summed E-state index contributed by atoms with van der Waals surface area (Å²) in [5.41, 5.74) is 4.41. The lowest BCUT2D eigenvalue weighted by Gasteiger charge is -2.33. The molecule has 6 nitrogen and oxygen atoms in total. The largest absolute Gasteiger partial charge is 0.371 e. The number of H-pyrrole nitrogens is 1. The highest BCUT2D eigenvalue weighted by Crippen LogP contribution is 2.25. The molecule has 2 N–H and O–H groups in total. The third kappa shape index (κ3) is 3.75. The Kier molecular flexibility index (Phi) is 5.13. The number of hydrogen-bond donors (Lipinski definition) is 2. The van der Waals surface area contributed by atoms with Gasteiger partial charge in [0.05, 0.1) is 17.9 Å². The number of aromatic nitrogens is 3. The molecule has 2 aromatic heterocycles. The molecule has 0 saturated carbocycles. The van der Waals surface area contributed by atoms with Gasteiger partial charge in [-0.2, -0.15) is 5.10 Å². The summed E-state index contributed by atoms with van der Waals surface area (Å²) < 4.78 is 0. The first-order chi connectivity index (χ1) is 11.7. The van der Waals surface area contributed by atoms with Crippen LogP contribution in [0, 0.1) is 12.8 Å². The monoisotopic (exact) mass is 327 g/mol. The minimum atomic E-state index is 0.0944. The molecule has 0 atom stereocenters. The van der Waals surface area contributed by atoms with Gasteiger partial charge in [-0.25, -0.2) is 0 Å². The molecule has 24 heavy (non-hydrogen) atoms. The van der Waals surface area contributed by atoms with E-state index in [9.17, 15) is 4.79 Å². The standard InChI is InChI=1S/C18H25N5O/c1-3-15-10-16(22-21-15)12-20-18(24)14-5-8-23(9-6-14)17-4-7-19-11-13(17)2/h4,7,10-11,14H,3,5-6,8-9,12H2,1-2H3,(H,20,24)(H,21,22). The average molecular weight is 327 g/mol. The van der Waals surface area contributed by atoms with Crippen LogP contribution in [0.25, 0.3) is 0 Å². The van der Waals surface area contributed by atoms with Gasteiger partial charge in [-0.3, -0.25) is 14.9 Å². The number of carbonyl (C=O) groups is 1. The maximum absolute atomic E-state index is 12.4. The fourth-order valence-corrected chi connectivity index (χ4v) is 3.21. The Bertz CT molecular complexity index is 688. The van der Waals surface area contributed by atoms with Gasteiger partial charge < -0.3 is 10.2 Å². The second-order valence-corrected chi connectivity index (χ2v) is 6.38. The highest BCUT2D eigenvalue weighted by molar-refractivity contribution is 5.79. The van der Waals surface area contributed by atoms with Crippen molar-refractivity contribution >= 4 is 11.6 Å². The Morgan fingerprint density at radius 3 is 2.88 bits per heavy atom. The first-order valence-electron chi connectivity index (χ1n) is 8.63. The zero-order chi connectivity index (χ0) is 16.9. The van der Waals surface area contributed by atoms with E-state index in [1.165, 1.54) is 11.3 Å². The number of aromatic amines is 1. The van der Waals surface area contributed by atoms with E-state index in [2.05, 4.69) is 45.3 Å². The quantitative estimate of drug-likeness (QED) is 0.883. The SMILES string of the molecule is CCc1cc(CNC(=O)C2CCN(c3ccncc3C)CC2)[nH]n1. The number of amides is 1. The Morgan fingerprint density at radius 2 is 2.21 bits per heavy atom. The molecule has 1 fully saturated rings. The van der Waals surface area contributed by atoms with Gasteiger partial charge in [-0.15, -0.1) is 0 Å². The third-order valence-electron chi connectivity index (χ3n) is 4.70. The molecule has 6 heteroatoms. The van der Waals surface area contributed by atoms with Crippen molar-refractivity contribution in [1.29, 1.82) is 0 Å². The van der Waals surface area contributed by atoms with E-state index < -0.39 is 0 Å². The van der Waals surface area contributed by atoms with Crippen LogP contribution < -0.4 is 10.2 Å². The van der Waals surface area contributed by atoms with E-state index in [1.807, 2.05) is 18.5 Å². The number of nitrogens with zero attached hydrogens (tertiary/aromatic N) is 3. The molecule has 0 spiro atoms. The molecule has 2 aromatic rings. The summed E-state index contributed by atoms with van der Waals surface area (Å²) in [5, 5.41) is 10.2. The zero-order valence-corrected chi connectivity index (χ0v) is 14.4. The van der Waals surface area contributed by atoms with E-state index >= 15 is 0 Å². The molecule has 1 amide bonds. The van der Waals surface area contributed by atoms with Gasteiger partial charge in [0.15, 0.2) is 0 Å². The van der Waals surface area contributed by atoms with Gasteiger partial charge in [0, 0.05) is 37.1 Å². The van der Waals surface area contributed by atoms with Crippen LogP contribution in [0.4, 0.5) is 5.69 Å². The zero-order valence-electron chi connectivity index (χ0n) is 14.4. The van der Waals surface area contributed by atoms with Crippen LogP contribution >= 0.6 is 0 Å².